The van der Waals surface area contributed by atoms with Gasteiger partial charge in [-0.05, 0) is 71.0 Å². The van der Waals surface area contributed by atoms with Crippen LogP contribution in [0, 0.1) is 0 Å². The fraction of sp³-hybridized carbons (Fsp3) is 0.391. The molecule has 1 fully saturated rings. The van der Waals surface area contributed by atoms with Crippen molar-refractivity contribution in [3.8, 4) is 5.69 Å². The molecular formula is C23H27N5O4S. The molecule has 1 heterocycles. The van der Waals surface area contributed by atoms with Gasteiger partial charge in [-0.3, -0.25) is 4.72 Å². The van der Waals surface area contributed by atoms with Gasteiger partial charge in [0.15, 0.2) is 0 Å². The summed E-state index contributed by atoms with van der Waals surface area (Å²) in [5, 5.41) is 11.3. The Labute approximate surface area is 193 Å². The number of benzene rings is 2. The largest absolute Gasteiger partial charge is 0.465 e. The van der Waals surface area contributed by atoms with Crippen molar-refractivity contribution in [2.45, 2.75) is 56.3 Å². The molecule has 1 saturated carbocycles. The average molecular weight is 470 g/mol. The molecule has 1 N–H and O–H groups in total. The first kappa shape index (κ1) is 22.9. The second-order valence-corrected chi connectivity index (χ2v) is 9.78. The molecule has 2 aromatic carbocycles. The molecule has 0 aliphatic heterocycles. The fourth-order valence-corrected chi connectivity index (χ4v) is 5.78. The highest BCUT2D eigenvalue weighted by atomic mass is 32.2. The summed E-state index contributed by atoms with van der Waals surface area (Å²) >= 11 is 0. The van der Waals surface area contributed by atoms with Crippen molar-refractivity contribution in [2.75, 3.05) is 11.8 Å². The molecule has 0 amide bonds. The highest BCUT2D eigenvalue weighted by Gasteiger charge is 2.25. The summed E-state index contributed by atoms with van der Waals surface area (Å²) in [4.78, 5) is 12.1. The quantitative estimate of drug-likeness (QED) is 0.522. The SMILES string of the molecule is CCc1ccc(C(=O)OC)cc1S(=O)(=O)Nc1cc(-n2cnnn2)ccc1C1CCCCC1. The van der Waals surface area contributed by atoms with Crippen molar-refractivity contribution in [1.29, 1.82) is 0 Å². The zero-order valence-electron chi connectivity index (χ0n) is 18.7. The Morgan fingerprint density at radius 1 is 1.15 bits per heavy atom. The number of aryl methyl sites for hydroxylation is 1. The maximum absolute atomic E-state index is 13.6. The van der Waals surface area contributed by atoms with Crippen LogP contribution in [0.15, 0.2) is 47.6 Å². The molecule has 1 aromatic heterocycles. The zero-order valence-corrected chi connectivity index (χ0v) is 19.5. The molecule has 10 heteroatoms. The van der Waals surface area contributed by atoms with Gasteiger partial charge in [0.1, 0.15) is 6.33 Å². The van der Waals surface area contributed by atoms with Gasteiger partial charge in [-0.25, -0.2) is 17.9 Å². The van der Waals surface area contributed by atoms with Crippen LogP contribution in [-0.2, 0) is 21.2 Å². The number of hydrogen-bond acceptors (Lipinski definition) is 7. The summed E-state index contributed by atoms with van der Waals surface area (Å²) in [7, 11) is -2.72. The molecule has 0 radical (unpaired) electrons. The minimum Gasteiger partial charge on any atom is -0.465 e. The molecule has 174 valence electrons. The predicted molar refractivity (Wildman–Crippen MR) is 123 cm³/mol. The van der Waals surface area contributed by atoms with E-state index in [4.69, 9.17) is 4.74 Å². The Hall–Kier alpha value is -3.27. The zero-order chi connectivity index (χ0) is 23.4. The van der Waals surface area contributed by atoms with Gasteiger partial charge in [0.05, 0.1) is 28.9 Å². The van der Waals surface area contributed by atoms with Gasteiger partial charge in [-0.15, -0.1) is 5.10 Å². The average Bonchev–Trinajstić information content (AvgIpc) is 3.38. The Kier molecular flexibility index (Phi) is 6.73. The number of nitrogens with zero attached hydrogens (tertiary/aromatic N) is 4. The summed E-state index contributed by atoms with van der Waals surface area (Å²) in [6, 6.07) is 10.2. The number of anilines is 1. The highest BCUT2D eigenvalue weighted by Crippen LogP contribution is 2.38. The van der Waals surface area contributed by atoms with Crippen LogP contribution in [0.3, 0.4) is 0 Å². The second-order valence-electron chi connectivity index (χ2n) is 8.13. The highest BCUT2D eigenvalue weighted by molar-refractivity contribution is 7.92. The first-order valence-electron chi connectivity index (χ1n) is 11.0. The van der Waals surface area contributed by atoms with Gasteiger partial charge in [-0.1, -0.05) is 38.3 Å². The third kappa shape index (κ3) is 4.90. The van der Waals surface area contributed by atoms with E-state index in [9.17, 15) is 13.2 Å². The summed E-state index contributed by atoms with van der Waals surface area (Å²) in [6.07, 6.45) is 7.41. The van der Waals surface area contributed by atoms with E-state index in [0.29, 0.717) is 23.4 Å². The van der Waals surface area contributed by atoms with E-state index in [1.807, 2.05) is 19.1 Å². The van der Waals surface area contributed by atoms with Crippen molar-refractivity contribution in [1.82, 2.24) is 20.2 Å². The standard InChI is InChI=1S/C23H27N5O4S/c1-3-16-9-10-18(23(29)32-2)13-22(16)33(30,31)25-21-14-19(28-15-24-26-27-28)11-12-20(21)17-7-5-4-6-8-17/h9-15,17,25H,3-8H2,1-2H3. The lowest BCUT2D eigenvalue weighted by Crippen LogP contribution is -2.18. The van der Waals surface area contributed by atoms with Crippen molar-refractivity contribution in [3.63, 3.8) is 0 Å². The normalized spacial score (nSPS) is 14.7. The third-order valence-electron chi connectivity index (χ3n) is 6.10. The second kappa shape index (κ2) is 9.70. The number of hydrogen-bond donors (Lipinski definition) is 1. The van der Waals surface area contributed by atoms with Crippen LogP contribution < -0.4 is 4.72 Å². The molecule has 0 spiro atoms. The van der Waals surface area contributed by atoms with E-state index < -0.39 is 16.0 Å². The monoisotopic (exact) mass is 469 g/mol. The molecule has 4 rings (SSSR count). The molecule has 3 aromatic rings. The van der Waals surface area contributed by atoms with E-state index in [-0.39, 0.29) is 16.4 Å². The van der Waals surface area contributed by atoms with Crippen LogP contribution in [0.5, 0.6) is 0 Å². The molecule has 9 nitrogen and oxygen atoms in total. The molecule has 1 aliphatic rings. The maximum atomic E-state index is 13.6. The number of ether oxygens (including phenoxy) is 1. The Bertz CT molecular complexity index is 1240. The number of nitrogens with one attached hydrogen (secondary N) is 1. The van der Waals surface area contributed by atoms with E-state index in [1.165, 1.54) is 30.6 Å². The molecule has 1 aliphatic carbocycles. The van der Waals surface area contributed by atoms with Crippen LogP contribution in [0.1, 0.15) is 66.4 Å². The molecule has 0 atom stereocenters. The van der Waals surface area contributed by atoms with Gasteiger partial charge in [0.25, 0.3) is 10.0 Å². The van der Waals surface area contributed by atoms with Crippen molar-refractivity contribution >= 4 is 21.7 Å². The van der Waals surface area contributed by atoms with E-state index in [0.717, 1.165) is 31.2 Å². The lowest BCUT2D eigenvalue weighted by Gasteiger charge is -2.25. The Morgan fingerprint density at radius 3 is 2.61 bits per heavy atom. The summed E-state index contributed by atoms with van der Waals surface area (Å²) in [5.41, 5.74) is 2.91. The number of tetrazole rings is 1. The number of esters is 1. The first-order chi connectivity index (χ1) is 15.9. The topological polar surface area (TPSA) is 116 Å². The molecule has 0 bridgehead atoms. The van der Waals surface area contributed by atoms with Crippen LogP contribution in [0.25, 0.3) is 5.69 Å². The Morgan fingerprint density at radius 2 is 1.94 bits per heavy atom. The van der Waals surface area contributed by atoms with Crippen LogP contribution in [0.4, 0.5) is 5.69 Å². The number of methoxy groups -OCH3 is 1. The first-order valence-corrected chi connectivity index (χ1v) is 12.5. The minimum absolute atomic E-state index is 0.0651. The minimum atomic E-state index is -3.99. The number of sulfonamides is 1. The lowest BCUT2D eigenvalue weighted by molar-refractivity contribution is 0.0600. The summed E-state index contributed by atoms with van der Waals surface area (Å²) < 4.78 is 36.2. The van der Waals surface area contributed by atoms with Gasteiger partial charge >= 0.3 is 5.97 Å². The summed E-state index contributed by atoms with van der Waals surface area (Å²) in [5.74, 6) is -0.316. The fourth-order valence-electron chi connectivity index (χ4n) is 4.37. The number of carbonyl (C=O) groups is 1. The van der Waals surface area contributed by atoms with Gasteiger partial charge in [0, 0.05) is 0 Å². The van der Waals surface area contributed by atoms with Crippen molar-refractivity contribution in [3.05, 3.63) is 59.4 Å². The van der Waals surface area contributed by atoms with Crippen molar-refractivity contribution in [2.24, 2.45) is 0 Å². The van der Waals surface area contributed by atoms with E-state index >= 15 is 0 Å². The molecule has 0 unspecified atom stereocenters. The van der Waals surface area contributed by atoms with Crippen LogP contribution in [0.2, 0.25) is 0 Å². The number of rotatable bonds is 7. The number of carbonyl (C=O) groups excluding carboxylic acids is 1. The van der Waals surface area contributed by atoms with Crippen LogP contribution in [-0.4, -0.2) is 41.7 Å². The van der Waals surface area contributed by atoms with E-state index in [2.05, 4.69) is 20.2 Å². The van der Waals surface area contributed by atoms with Gasteiger partial charge in [0.2, 0.25) is 0 Å². The summed E-state index contributed by atoms with van der Waals surface area (Å²) in [6.45, 7) is 1.87. The maximum Gasteiger partial charge on any atom is 0.337 e. The number of aromatic nitrogens is 4. The molecular weight excluding hydrogens is 442 g/mol. The predicted octanol–water partition coefficient (Wildman–Crippen LogP) is 3.86. The molecule has 0 saturated heterocycles. The lowest BCUT2D eigenvalue weighted by atomic mass is 9.83. The van der Waals surface area contributed by atoms with Crippen LogP contribution >= 0.6 is 0 Å². The van der Waals surface area contributed by atoms with Gasteiger partial charge in [-0.2, -0.15) is 0 Å². The van der Waals surface area contributed by atoms with Crippen molar-refractivity contribution < 1.29 is 17.9 Å². The van der Waals surface area contributed by atoms with E-state index in [1.54, 1.807) is 18.2 Å². The molecule has 33 heavy (non-hydrogen) atoms. The Balaban J connectivity index is 1.78. The smallest absolute Gasteiger partial charge is 0.337 e. The van der Waals surface area contributed by atoms with Gasteiger partial charge < -0.3 is 4.74 Å². The third-order valence-corrected chi connectivity index (χ3v) is 7.55.